The molecule has 2 atom stereocenters. The van der Waals surface area contributed by atoms with Gasteiger partial charge in [-0.3, -0.25) is 9.78 Å². The summed E-state index contributed by atoms with van der Waals surface area (Å²) in [5, 5.41) is 4.28. The summed E-state index contributed by atoms with van der Waals surface area (Å²) in [6.07, 6.45) is 1.50. The number of hydrogen-bond acceptors (Lipinski definition) is 4. The van der Waals surface area contributed by atoms with Crippen LogP contribution in [0.2, 0.25) is 0 Å². The van der Waals surface area contributed by atoms with Gasteiger partial charge in [0.25, 0.3) is 0 Å². The zero-order valence-corrected chi connectivity index (χ0v) is 17.7. The molecule has 2 aliphatic rings. The number of fused-ring (bicyclic) bond motifs is 2. The Morgan fingerprint density at radius 1 is 1.07 bits per heavy atom. The van der Waals surface area contributed by atoms with Crippen LogP contribution < -0.4 is 5.32 Å². The molecular formula is C23H29N3O3. The molecule has 29 heavy (non-hydrogen) atoms. The number of piperidine rings is 1. The third kappa shape index (κ3) is 3.80. The van der Waals surface area contributed by atoms with Crippen molar-refractivity contribution in [3.8, 4) is 0 Å². The number of likely N-dealkylation sites (tertiary alicyclic amines) is 1. The number of amides is 2. The summed E-state index contributed by atoms with van der Waals surface area (Å²) in [7, 11) is 0. The molecule has 4 rings (SSSR count). The fourth-order valence-corrected chi connectivity index (χ4v) is 4.49. The maximum atomic E-state index is 13.0. The van der Waals surface area contributed by atoms with E-state index in [2.05, 4.69) is 10.3 Å². The van der Waals surface area contributed by atoms with Gasteiger partial charge in [-0.25, -0.2) is 4.79 Å². The number of aromatic nitrogens is 1. The van der Waals surface area contributed by atoms with E-state index in [1.807, 2.05) is 65.0 Å². The molecule has 2 amide bonds. The van der Waals surface area contributed by atoms with Gasteiger partial charge >= 0.3 is 6.09 Å². The summed E-state index contributed by atoms with van der Waals surface area (Å²) in [6, 6.07) is 9.94. The summed E-state index contributed by atoms with van der Waals surface area (Å²) < 4.78 is 5.45. The lowest BCUT2D eigenvalue weighted by Crippen LogP contribution is -2.44. The molecule has 2 fully saturated rings. The maximum Gasteiger partial charge on any atom is 0.410 e. The fraction of sp³-hybridized carbons (Fsp3) is 0.522. The Labute approximate surface area is 171 Å². The fourth-order valence-electron chi connectivity index (χ4n) is 4.49. The summed E-state index contributed by atoms with van der Waals surface area (Å²) in [4.78, 5) is 31.4. The molecule has 1 saturated heterocycles. The molecule has 6 nitrogen and oxygen atoms in total. The van der Waals surface area contributed by atoms with Crippen molar-refractivity contribution in [1.29, 1.82) is 0 Å². The largest absolute Gasteiger partial charge is 0.444 e. The first-order valence-corrected chi connectivity index (χ1v) is 10.2. The predicted molar refractivity (Wildman–Crippen MR) is 111 cm³/mol. The second kappa shape index (κ2) is 6.71. The molecule has 1 N–H and O–H groups in total. The average Bonchev–Trinajstić information content (AvgIpc) is 3.13. The number of ether oxygens (including phenoxy) is 1. The van der Waals surface area contributed by atoms with Crippen molar-refractivity contribution < 1.29 is 14.3 Å². The van der Waals surface area contributed by atoms with Gasteiger partial charge in [-0.05, 0) is 64.2 Å². The number of nitrogens with one attached hydrogen (secondary N) is 1. The third-order valence-corrected chi connectivity index (χ3v) is 5.91. The maximum absolute atomic E-state index is 13.0. The Morgan fingerprint density at radius 3 is 2.38 bits per heavy atom. The van der Waals surface area contributed by atoms with Crippen LogP contribution in [0.3, 0.4) is 0 Å². The van der Waals surface area contributed by atoms with Crippen LogP contribution in [0.25, 0.3) is 10.9 Å². The quantitative estimate of drug-likeness (QED) is 0.860. The first-order valence-electron chi connectivity index (χ1n) is 10.2. The lowest BCUT2D eigenvalue weighted by atomic mass is 9.91. The molecule has 2 heterocycles. The minimum Gasteiger partial charge on any atom is -0.444 e. The third-order valence-electron chi connectivity index (χ3n) is 5.91. The molecule has 1 aromatic carbocycles. The van der Waals surface area contributed by atoms with Gasteiger partial charge in [0.05, 0.1) is 11.1 Å². The number of para-hydroxylation sites is 1. The molecule has 6 heteroatoms. The Kier molecular flexibility index (Phi) is 4.56. The summed E-state index contributed by atoms with van der Waals surface area (Å²) in [6.45, 7) is 10.8. The van der Waals surface area contributed by atoms with Gasteiger partial charge in [-0.1, -0.05) is 18.2 Å². The number of pyridine rings is 1. The van der Waals surface area contributed by atoms with Crippen molar-refractivity contribution >= 4 is 22.9 Å². The van der Waals surface area contributed by atoms with Crippen LogP contribution >= 0.6 is 0 Å². The summed E-state index contributed by atoms with van der Waals surface area (Å²) in [5.74, 6) is 0.496. The van der Waals surface area contributed by atoms with E-state index in [1.165, 1.54) is 0 Å². The van der Waals surface area contributed by atoms with E-state index in [-0.39, 0.29) is 29.8 Å². The Bertz CT molecular complexity index is 946. The number of carbonyl (C=O) groups is 2. The normalized spacial score (nSPS) is 23.6. The van der Waals surface area contributed by atoms with Crippen molar-refractivity contribution in [1.82, 2.24) is 15.2 Å². The van der Waals surface area contributed by atoms with E-state index in [0.29, 0.717) is 13.1 Å². The van der Waals surface area contributed by atoms with E-state index in [0.717, 1.165) is 16.5 Å². The second-order valence-electron chi connectivity index (χ2n) is 9.73. The highest BCUT2D eigenvalue weighted by Crippen LogP contribution is 2.52. The van der Waals surface area contributed by atoms with E-state index in [9.17, 15) is 9.59 Å². The van der Waals surface area contributed by atoms with Gasteiger partial charge in [0.15, 0.2) is 0 Å². The minimum atomic E-state index is -0.513. The van der Waals surface area contributed by atoms with Gasteiger partial charge in [0.2, 0.25) is 5.91 Å². The summed E-state index contributed by atoms with van der Waals surface area (Å²) in [5.41, 5.74) is 0.959. The van der Waals surface area contributed by atoms with E-state index >= 15 is 0 Å². The van der Waals surface area contributed by atoms with Crippen LogP contribution in [0.4, 0.5) is 4.79 Å². The lowest BCUT2D eigenvalue weighted by Gasteiger charge is -2.29. The zero-order valence-electron chi connectivity index (χ0n) is 17.7. The average molecular weight is 396 g/mol. The Hall–Kier alpha value is -2.63. The van der Waals surface area contributed by atoms with Crippen molar-refractivity contribution in [2.45, 2.75) is 45.8 Å². The van der Waals surface area contributed by atoms with Gasteiger partial charge in [0, 0.05) is 30.6 Å². The van der Waals surface area contributed by atoms with E-state index in [4.69, 9.17) is 4.74 Å². The van der Waals surface area contributed by atoms with Crippen LogP contribution in [-0.4, -0.2) is 40.6 Å². The second-order valence-corrected chi connectivity index (χ2v) is 9.73. The van der Waals surface area contributed by atoms with Gasteiger partial charge in [-0.2, -0.15) is 0 Å². The molecule has 154 valence electrons. The first kappa shape index (κ1) is 19.7. The number of hydrogen-bond donors (Lipinski definition) is 1. The summed E-state index contributed by atoms with van der Waals surface area (Å²) >= 11 is 0. The highest BCUT2D eigenvalue weighted by Gasteiger charge is 2.61. The van der Waals surface area contributed by atoms with Crippen molar-refractivity contribution in [2.24, 2.45) is 17.8 Å². The molecule has 1 saturated carbocycles. The number of carbonyl (C=O) groups excluding carboxylic acids is 2. The molecule has 2 unspecified atom stereocenters. The van der Waals surface area contributed by atoms with Gasteiger partial charge in [0.1, 0.15) is 5.60 Å². The molecule has 0 spiro atoms. The Morgan fingerprint density at radius 2 is 1.72 bits per heavy atom. The number of benzene rings is 1. The molecule has 2 aromatic rings. The molecule has 1 aromatic heterocycles. The smallest absolute Gasteiger partial charge is 0.410 e. The molecule has 1 aliphatic heterocycles. The van der Waals surface area contributed by atoms with Gasteiger partial charge in [-0.15, -0.1) is 0 Å². The lowest BCUT2D eigenvalue weighted by molar-refractivity contribution is -0.125. The van der Waals surface area contributed by atoms with Crippen LogP contribution in [-0.2, 0) is 15.1 Å². The van der Waals surface area contributed by atoms with E-state index in [1.54, 1.807) is 11.1 Å². The molecule has 0 bridgehead atoms. The van der Waals surface area contributed by atoms with Crippen molar-refractivity contribution in [3.63, 3.8) is 0 Å². The molecule has 0 radical (unpaired) electrons. The minimum absolute atomic E-state index is 0.0268. The first-order chi connectivity index (χ1) is 13.6. The van der Waals surface area contributed by atoms with E-state index < -0.39 is 11.1 Å². The molecule has 1 aliphatic carbocycles. The zero-order chi connectivity index (χ0) is 21.0. The van der Waals surface area contributed by atoms with Crippen LogP contribution in [0, 0.1) is 17.8 Å². The van der Waals surface area contributed by atoms with Crippen molar-refractivity contribution in [3.05, 3.63) is 42.1 Å². The monoisotopic (exact) mass is 395 g/mol. The van der Waals surface area contributed by atoms with Crippen LogP contribution in [0.5, 0.6) is 0 Å². The van der Waals surface area contributed by atoms with Gasteiger partial charge < -0.3 is 15.0 Å². The standard InChI is InChI=1S/C23H29N3O3/c1-22(2,3)29-21(28)26-12-15-16(13-26)19(15)20(27)25-23(4,5)17-10-11-24-18-9-7-6-8-14(17)18/h6-11,15-16,19H,12-13H2,1-5H3,(H,25,27). The topological polar surface area (TPSA) is 71.5 Å². The van der Waals surface area contributed by atoms with Crippen LogP contribution in [0.15, 0.2) is 36.5 Å². The SMILES string of the molecule is CC(C)(C)OC(=O)N1CC2C(C1)C2C(=O)NC(C)(C)c1ccnc2ccccc12. The number of nitrogens with zero attached hydrogens (tertiary/aromatic N) is 2. The predicted octanol–water partition coefficient (Wildman–Crippen LogP) is 3.70. The molecular weight excluding hydrogens is 366 g/mol. The highest BCUT2D eigenvalue weighted by atomic mass is 16.6. The number of rotatable bonds is 3. The highest BCUT2D eigenvalue weighted by molar-refractivity contribution is 5.87. The van der Waals surface area contributed by atoms with Crippen molar-refractivity contribution in [2.75, 3.05) is 13.1 Å². The van der Waals surface area contributed by atoms with Crippen LogP contribution in [0.1, 0.15) is 40.2 Å². The Balaban J connectivity index is 1.41.